The molecule has 0 amide bonds. The maximum atomic E-state index is 11.8. The van der Waals surface area contributed by atoms with E-state index in [-0.39, 0.29) is 0 Å². The zero-order chi connectivity index (χ0) is 14.1. The first-order valence-corrected chi connectivity index (χ1v) is 7.63. The van der Waals surface area contributed by atoms with Crippen LogP contribution >= 0.6 is 27.3 Å². The summed E-state index contributed by atoms with van der Waals surface area (Å²) in [5.41, 5.74) is 2.24. The minimum absolute atomic E-state index is 0.329. The van der Waals surface area contributed by atoms with Crippen LogP contribution in [0.2, 0.25) is 0 Å². The fourth-order valence-electron chi connectivity index (χ4n) is 1.85. The molecule has 0 N–H and O–H groups in total. The van der Waals surface area contributed by atoms with Gasteiger partial charge >= 0.3 is 5.97 Å². The summed E-state index contributed by atoms with van der Waals surface area (Å²) < 4.78 is 6.22. The molecule has 20 heavy (non-hydrogen) atoms. The lowest BCUT2D eigenvalue weighted by atomic mass is 10.1. The van der Waals surface area contributed by atoms with E-state index in [1.807, 2.05) is 42.6 Å². The van der Waals surface area contributed by atoms with E-state index in [4.69, 9.17) is 4.74 Å². The number of nitrogens with zero attached hydrogens (tertiary/aromatic N) is 1. The lowest BCUT2D eigenvalue weighted by Crippen LogP contribution is -2.05. The normalized spacial score (nSPS) is 16.4. The summed E-state index contributed by atoms with van der Waals surface area (Å²) in [7, 11) is 0. The van der Waals surface area contributed by atoms with Gasteiger partial charge in [-0.3, -0.25) is 0 Å². The molecule has 0 saturated carbocycles. The van der Waals surface area contributed by atoms with Crippen molar-refractivity contribution in [2.24, 2.45) is 4.99 Å². The number of rotatable bonds is 2. The van der Waals surface area contributed by atoms with Crippen LogP contribution in [0.15, 0.2) is 50.9 Å². The first-order valence-electron chi connectivity index (χ1n) is 5.95. The van der Waals surface area contributed by atoms with E-state index in [9.17, 15) is 4.79 Å². The third kappa shape index (κ3) is 2.73. The summed E-state index contributed by atoms with van der Waals surface area (Å²) in [6, 6.07) is 9.66. The molecule has 0 saturated heterocycles. The third-order valence-corrected chi connectivity index (χ3v) is 4.39. The van der Waals surface area contributed by atoms with Crippen molar-refractivity contribution in [3.63, 3.8) is 0 Å². The lowest BCUT2D eigenvalue weighted by Gasteiger charge is -1.99. The highest BCUT2D eigenvalue weighted by molar-refractivity contribution is 9.10. The number of ether oxygens (including phenoxy) is 1. The van der Waals surface area contributed by atoms with Crippen LogP contribution in [0.3, 0.4) is 0 Å². The van der Waals surface area contributed by atoms with Gasteiger partial charge in [-0.05, 0) is 47.1 Å². The molecule has 1 aromatic carbocycles. The van der Waals surface area contributed by atoms with Crippen molar-refractivity contribution >= 4 is 45.2 Å². The van der Waals surface area contributed by atoms with Crippen molar-refractivity contribution < 1.29 is 9.53 Å². The van der Waals surface area contributed by atoms with Crippen LogP contribution in [0.4, 0.5) is 0 Å². The summed E-state index contributed by atoms with van der Waals surface area (Å²) >= 11 is 4.92. The molecule has 0 bridgehead atoms. The maximum Gasteiger partial charge on any atom is 0.363 e. The number of esters is 1. The Hall–Kier alpha value is -1.72. The van der Waals surface area contributed by atoms with Crippen molar-refractivity contribution in [2.45, 2.75) is 6.92 Å². The standard InChI is InChI=1S/C15H10BrNO2S/c1-9-3-2-4-10(5-9)14-17-13(15(18)19-14)7-12-6-11(16)8-20-12/h2-8H,1H3/b13-7-. The quantitative estimate of drug-likeness (QED) is 0.604. The number of cyclic esters (lactones) is 1. The van der Waals surface area contributed by atoms with E-state index >= 15 is 0 Å². The largest absolute Gasteiger partial charge is 0.402 e. The van der Waals surface area contributed by atoms with Crippen molar-refractivity contribution in [3.05, 3.63) is 61.9 Å². The third-order valence-electron chi connectivity index (χ3n) is 2.75. The van der Waals surface area contributed by atoms with E-state index in [1.54, 1.807) is 6.08 Å². The lowest BCUT2D eigenvalue weighted by molar-refractivity contribution is -0.129. The molecular formula is C15H10BrNO2S. The number of benzene rings is 1. The summed E-state index contributed by atoms with van der Waals surface area (Å²) in [5, 5.41) is 1.96. The van der Waals surface area contributed by atoms with Crippen LogP contribution in [0.5, 0.6) is 0 Å². The van der Waals surface area contributed by atoms with E-state index in [0.29, 0.717) is 11.6 Å². The molecule has 0 radical (unpaired) electrons. The van der Waals surface area contributed by atoms with Gasteiger partial charge in [0.2, 0.25) is 5.90 Å². The van der Waals surface area contributed by atoms with Crippen molar-refractivity contribution in [1.29, 1.82) is 0 Å². The molecular weight excluding hydrogens is 338 g/mol. The van der Waals surface area contributed by atoms with Crippen LogP contribution in [0.25, 0.3) is 6.08 Å². The topological polar surface area (TPSA) is 38.7 Å². The fraction of sp³-hybridized carbons (Fsp3) is 0.0667. The SMILES string of the molecule is Cc1cccc(C2=N/C(=C\c3cc(Br)cs3)C(=O)O2)c1. The maximum absolute atomic E-state index is 11.8. The van der Waals surface area contributed by atoms with E-state index in [0.717, 1.165) is 20.5 Å². The average molecular weight is 348 g/mol. The molecule has 1 aliphatic rings. The highest BCUT2D eigenvalue weighted by Crippen LogP contribution is 2.25. The first-order chi connectivity index (χ1) is 9.61. The fourth-order valence-corrected chi connectivity index (χ4v) is 3.22. The summed E-state index contributed by atoms with van der Waals surface area (Å²) in [5.74, 6) is -0.0494. The highest BCUT2D eigenvalue weighted by atomic mass is 79.9. The van der Waals surface area contributed by atoms with Gasteiger partial charge in [0.1, 0.15) is 0 Å². The second-order valence-corrected chi connectivity index (χ2v) is 6.23. The van der Waals surface area contributed by atoms with E-state index < -0.39 is 5.97 Å². The van der Waals surface area contributed by atoms with Crippen LogP contribution in [0.1, 0.15) is 16.0 Å². The van der Waals surface area contributed by atoms with Crippen molar-refractivity contribution in [3.8, 4) is 0 Å². The first kappa shape index (κ1) is 13.3. The van der Waals surface area contributed by atoms with Gasteiger partial charge in [0.05, 0.1) is 0 Å². The number of hydrogen-bond donors (Lipinski definition) is 0. The number of halogens is 1. The molecule has 0 spiro atoms. The van der Waals surface area contributed by atoms with E-state index in [2.05, 4.69) is 20.9 Å². The molecule has 1 aliphatic heterocycles. The van der Waals surface area contributed by atoms with Crippen molar-refractivity contribution in [1.82, 2.24) is 0 Å². The average Bonchev–Trinajstić information content (AvgIpc) is 2.97. The molecule has 1 aromatic heterocycles. The number of carbonyl (C=O) groups is 1. The molecule has 0 fully saturated rings. The smallest absolute Gasteiger partial charge is 0.363 e. The van der Waals surface area contributed by atoms with Crippen LogP contribution in [-0.2, 0) is 9.53 Å². The Morgan fingerprint density at radius 3 is 2.90 bits per heavy atom. The second kappa shape index (κ2) is 5.34. The minimum atomic E-state index is -0.411. The molecule has 0 atom stereocenters. The predicted octanol–water partition coefficient (Wildman–Crippen LogP) is 4.16. The van der Waals surface area contributed by atoms with Crippen LogP contribution in [-0.4, -0.2) is 11.9 Å². The Balaban J connectivity index is 1.94. The van der Waals surface area contributed by atoms with Crippen molar-refractivity contribution in [2.75, 3.05) is 0 Å². The van der Waals surface area contributed by atoms with Gasteiger partial charge in [-0.15, -0.1) is 11.3 Å². The molecule has 2 aromatic rings. The number of thiophene rings is 1. The van der Waals surface area contributed by atoms with Crippen LogP contribution in [0, 0.1) is 6.92 Å². The molecule has 5 heteroatoms. The Morgan fingerprint density at radius 2 is 2.20 bits per heavy atom. The molecule has 0 aliphatic carbocycles. The Bertz CT molecular complexity index is 746. The number of aliphatic imine (C=N–C) groups is 1. The monoisotopic (exact) mass is 347 g/mol. The number of aryl methyl sites for hydroxylation is 1. The number of carbonyl (C=O) groups excluding carboxylic acids is 1. The van der Waals surface area contributed by atoms with Gasteiger partial charge in [-0.25, -0.2) is 9.79 Å². The minimum Gasteiger partial charge on any atom is -0.402 e. The highest BCUT2D eigenvalue weighted by Gasteiger charge is 2.24. The molecule has 2 heterocycles. The number of hydrogen-bond acceptors (Lipinski definition) is 4. The molecule has 3 rings (SSSR count). The predicted molar refractivity (Wildman–Crippen MR) is 83.8 cm³/mol. The Kier molecular flexibility index (Phi) is 3.54. The molecule has 100 valence electrons. The van der Waals surface area contributed by atoms with Gasteiger partial charge in [-0.1, -0.05) is 17.7 Å². The summed E-state index contributed by atoms with van der Waals surface area (Å²) in [4.78, 5) is 17.1. The zero-order valence-corrected chi connectivity index (χ0v) is 13.0. The Morgan fingerprint density at radius 1 is 1.35 bits per heavy atom. The summed E-state index contributed by atoms with van der Waals surface area (Å²) in [6.45, 7) is 1.99. The van der Waals surface area contributed by atoms with Gasteiger partial charge in [0.15, 0.2) is 5.70 Å². The van der Waals surface area contributed by atoms with Gasteiger partial charge in [0, 0.05) is 20.3 Å². The van der Waals surface area contributed by atoms with Crippen LogP contribution < -0.4 is 0 Å². The molecule has 3 nitrogen and oxygen atoms in total. The van der Waals surface area contributed by atoms with Gasteiger partial charge in [0.25, 0.3) is 0 Å². The van der Waals surface area contributed by atoms with Gasteiger partial charge in [-0.2, -0.15) is 0 Å². The summed E-state index contributed by atoms with van der Waals surface area (Å²) in [6.07, 6.45) is 1.74. The Labute approximate surface area is 128 Å². The second-order valence-electron chi connectivity index (χ2n) is 4.37. The van der Waals surface area contributed by atoms with E-state index in [1.165, 1.54) is 11.3 Å². The molecule has 0 unspecified atom stereocenters. The zero-order valence-electron chi connectivity index (χ0n) is 10.6. The van der Waals surface area contributed by atoms with Gasteiger partial charge < -0.3 is 4.74 Å².